The van der Waals surface area contributed by atoms with Crippen LogP contribution in [0.15, 0.2) is 24.3 Å². The van der Waals surface area contributed by atoms with Crippen LogP contribution in [0.5, 0.6) is 11.5 Å². The van der Waals surface area contributed by atoms with Crippen molar-refractivity contribution in [1.29, 1.82) is 0 Å². The number of fused-ring (bicyclic) bond motifs is 4. The van der Waals surface area contributed by atoms with Gasteiger partial charge in [-0.05, 0) is 123 Å². The molecule has 1 amide bonds. The van der Waals surface area contributed by atoms with E-state index >= 15 is 0 Å². The highest BCUT2D eigenvalue weighted by Gasteiger charge is 2.42. The lowest BCUT2D eigenvalue weighted by molar-refractivity contribution is -0.0349. The average Bonchev–Trinajstić information content (AvgIpc) is 3.09. The standard InChI is InChI=1S/C31H42N2O4/c1-18(2)36-28-19(3)12-22(13-20(28)4)24-14-23-16-31(5,6)29(25(23)15-26(24)35-7)32-30(34)37-27-17-33-10-8-21(27)9-11-33/h12-15,18,21,27,29H,8-11,16-17H2,1-7H3,(H,32,34)/t27-,29?/m0/s1. The lowest BCUT2D eigenvalue weighted by Crippen LogP contribution is -2.53. The fourth-order valence-corrected chi connectivity index (χ4v) is 6.60. The molecule has 2 aromatic carbocycles. The lowest BCUT2D eigenvalue weighted by atomic mass is 9.85. The van der Waals surface area contributed by atoms with Gasteiger partial charge in [-0.15, -0.1) is 0 Å². The Morgan fingerprint density at radius 3 is 2.32 bits per heavy atom. The van der Waals surface area contributed by atoms with Gasteiger partial charge in [0.1, 0.15) is 17.6 Å². The van der Waals surface area contributed by atoms with Gasteiger partial charge in [-0.25, -0.2) is 4.79 Å². The van der Waals surface area contributed by atoms with Crippen LogP contribution in [0, 0.1) is 25.2 Å². The monoisotopic (exact) mass is 506 g/mol. The van der Waals surface area contributed by atoms with Gasteiger partial charge in [-0.2, -0.15) is 0 Å². The van der Waals surface area contributed by atoms with Crippen LogP contribution in [0.1, 0.15) is 68.8 Å². The van der Waals surface area contributed by atoms with E-state index in [4.69, 9.17) is 14.2 Å². The third-order valence-corrected chi connectivity index (χ3v) is 8.44. The first-order valence-electron chi connectivity index (χ1n) is 13.7. The molecule has 2 bridgehead atoms. The normalized spacial score (nSPS) is 25.6. The van der Waals surface area contributed by atoms with Crippen LogP contribution < -0.4 is 14.8 Å². The predicted octanol–water partition coefficient (Wildman–Crippen LogP) is 6.21. The molecule has 3 heterocycles. The maximum Gasteiger partial charge on any atom is 0.407 e. The number of hydrogen-bond donors (Lipinski definition) is 1. The first kappa shape index (κ1) is 25.9. The number of piperidine rings is 3. The summed E-state index contributed by atoms with van der Waals surface area (Å²) in [6.07, 6.45) is 2.94. The van der Waals surface area contributed by atoms with E-state index in [2.05, 4.69) is 76.0 Å². The number of benzene rings is 2. The number of hydrogen-bond acceptors (Lipinski definition) is 5. The van der Waals surface area contributed by atoms with E-state index in [1.54, 1.807) is 7.11 Å². The van der Waals surface area contributed by atoms with Crippen LogP contribution in [0.4, 0.5) is 4.79 Å². The average molecular weight is 507 g/mol. The number of amides is 1. The number of aryl methyl sites for hydroxylation is 2. The maximum atomic E-state index is 13.1. The summed E-state index contributed by atoms with van der Waals surface area (Å²) in [5, 5.41) is 3.23. The second-order valence-corrected chi connectivity index (χ2v) is 12.2. The van der Waals surface area contributed by atoms with E-state index in [1.165, 1.54) is 5.56 Å². The van der Waals surface area contributed by atoms with Gasteiger partial charge in [0.25, 0.3) is 0 Å². The molecule has 6 rings (SSSR count). The van der Waals surface area contributed by atoms with Crippen molar-refractivity contribution in [1.82, 2.24) is 10.2 Å². The summed E-state index contributed by atoms with van der Waals surface area (Å²) >= 11 is 0. The van der Waals surface area contributed by atoms with Gasteiger partial charge in [0.05, 0.1) is 19.3 Å². The Morgan fingerprint density at radius 1 is 1.08 bits per heavy atom. The van der Waals surface area contributed by atoms with Gasteiger partial charge in [0.15, 0.2) is 0 Å². The molecule has 2 aromatic rings. The number of carbonyl (C=O) groups excluding carboxylic acids is 1. The van der Waals surface area contributed by atoms with Gasteiger partial charge < -0.3 is 19.5 Å². The maximum absolute atomic E-state index is 13.1. The minimum absolute atomic E-state index is 0.00229. The van der Waals surface area contributed by atoms with Crippen LogP contribution >= 0.6 is 0 Å². The third-order valence-electron chi connectivity index (χ3n) is 8.44. The Hall–Kier alpha value is -2.73. The summed E-state index contributed by atoms with van der Waals surface area (Å²) in [6.45, 7) is 15.8. The highest BCUT2D eigenvalue weighted by molar-refractivity contribution is 5.76. The van der Waals surface area contributed by atoms with Gasteiger partial charge in [-0.1, -0.05) is 13.8 Å². The van der Waals surface area contributed by atoms with Crippen LogP contribution in [0.3, 0.4) is 0 Å². The first-order valence-corrected chi connectivity index (χ1v) is 13.7. The zero-order valence-corrected chi connectivity index (χ0v) is 23.4. The molecule has 0 aromatic heterocycles. The zero-order valence-electron chi connectivity index (χ0n) is 23.4. The summed E-state index contributed by atoms with van der Waals surface area (Å²) in [6, 6.07) is 8.57. The van der Waals surface area contributed by atoms with Crippen molar-refractivity contribution in [2.24, 2.45) is 11.3 Å². The van der Waals surface area contributed by atoms with E-state index in [0.29, 0.717) is 5.92 Å². The Bertz CT molecular complexity index is 1160. The second-order valence-electron chi connectivity index (χ2n) is 12.2. The van der Waals surface area contributed by atoms with Crippen molar-refractivity contribution in [2.75, 3.05) is 26.7 Å². The topological polar surface area (TPSA) is 60.0 Å². The molecule has 0 radical (unpaired) electrons. The molecule has 4 aliphatic rings. The molecule has 1 aliphatic carbocycles. The molecular weight excluding hydrogens is 464 g/mol. The third kappa shape index (κ3) is 5.05. The Balaban J connectivity index is 1.41. The minimum atomic E-state index is -0.306. The quantitative estimate of drug-likeness (QED) is 0.505. The van der Waals surface area contributed by atoms with Crippen molar-refractivity contribution in [3.05, 3.63) is 46.5 Å². The molecule has 1 N–H and O–H groups in total. The fourth-order valence-electron chi connectivity index (χ4n) is 6.60. The number of carbonyl (C=O) groups is 1. The van der Waals surface area contributed by atoms with Gasteiger partial charge in [0, 0.05) is 12.1 Å². The SMILES string of the molecule is COc1cc2c(cc1-c1cc(C)c(OC(C)C)c(C)c1)CC(C)(C)C2NC(=O)O[C@H]1CN2CCC1CC2. The largest absolute Gasteiger partial charge is 0.496 e. The molecule has 3 saturated heterocycles. The fraction of sp³-hybridized carbons (Fsp3) is 0.581. The number of methoxy groups -OCH3 is 1. The smallest absolute Gasteiger partial charge is 0.407 e. The Labute approximate surface area is 221 Å². The number of alkyl carbamates (subject to hydrolysis) is 1. The van der Waals surface area contributed by atoms with Crippen LogP contribution in [-0.2, 0) is 11.2 Å². The van der Waals surface area contributed by atoms with E-state index in [9.17, 15) is 4.79 Å². The van der Waals surface area contributed by atoms with E-state index < -0.39 is 0 Å². The highest BCUT2D eigenvalue weighted by atomic mass is 16.6. The number of nitrogens with zero attached hydrogens (tertiary/aromatic N) is 1. The zero-order chi connectivity index (χ0) is 26.5. The molecule has 0 spiro atoms. The van der Waals surface area contributed by atoms with Crippen LogP contribution in [0.25, 0.3) is 11.1 Å². The summed E-state index contributed by atoms with van der Waals surface area (Å²) in [5.41, 5.74) is 6.62. The van der Waals surface area contributed by atoms with Crippen molar-refractivity contribution >= 4 is 6.09 Å². The molecule has 3 fully saturated rings. The number of rotatable bonds is 6. The van der Waals surface area contributed by atoms with Crippen molar-refractivity contribution in [3.8, 4) is 22.6 Å². The highest BCUT2D eigenvalue weighted by Crippen LogP contribution is 2.49. The van der Waals surface area contributed by atoms with Gasteiger partial charge in [-0.3, -0.25) is 4.90 Å². The molecule has 37 heavy (non-hydrogen) atoms. The predicted molar refractivity (Wildman–Crippen MR) is 146 cm³/mol. The molecule has 200 valence electrons. The number of nitrogens with one attached hydrogen (secondary N) is 1. The van der Waals surface area contributed by atoms with E-state index in [1.807, 2.05) is 0 Å². The molecule has 2 atom stereocenters. The summed E-state index contributed by atoms with van der Waals surface area (Å²) in [5.74, 6) is 2.25. The van der Waals surface area contributed by atoms with E-state index in [-0.39, 0.29) is 29.8 Å². The summed E-state index contributed by atoms with van der Waals surface area (Å²) in [4.78, 5) is 15.5. The Morgan fingerprint density at radius 2 is 1.76 bits per heavy atom. The minimum Gasteiger partial charge on any atom is -0.496 e. The second kappa shape index (κ2) is 9.86. The van der Waals surface area contributed by atoms with Crippen LogP contribution in [0.2, 0.25) is 0 Å². The molecule has 6 nitrogen and oxygen atoms in total. The van der Waals surface area contributed by atoms with Crippen LogP contribution in [-0.4, -0.2) is 49.9 Å². The molecule has 6 heteroatoms. The Kier molecular flexibility index (Phi) is 6.90. The summed E-state index contributed by atoms with van der Waals surface area (Å²) in [7, 11) is 1.71. The molecule has 0 saturated carbocycles. The van der Waals surface area contributed by atoms with Gasteiger partial charge >= 0.3 is 6.09 Å². The first-order chi connectivity index (χ1) is 17.6. The molecule has 1 unspecified atom stereocenters. The van der Waals surface area contributed by atoms with E-state index in [0.717, 1.165) is 78.2 Å². The lowest BCUT2D eigenvalue weighted by Gasteiger charge is -2.44. The van der Waals surface area contributed by atoms with Crippen molar-refractivity contribution in [2.45, 2.75) is 79.1 Å². The summed E-state index contributed by atoms with van der Waals surface area (Å²) < 4.78 is 17.9. The van der Waals surface area contributed by atoms with Gasteiger partial charge in [0.2, 0.25) is 0 Å². The van der Waals surface area contributed by atoms with Crippen molar-refractivity contribution < 1.29 is 19.0 Å². The van der Waals surface area contributed by atoms with Crippen molar-refractivity contribution in [3.63, 3.8) is 0 Å². The molecular formula is C31H42N2O4. The number of ether oxygens (including phenoxy) is 3. The molecule has 3 aliphatic heterocycles.